The zero-order chi connectivity index (χ0) is 15.5. The maximum Gasteiger partial charge on any atom is 0.289 e. The Labute approximate surface area is 121 Å². The molecule has 1 heterocycles. The van der Waals surface area contributed by atoms with Crippen molar-refractivity contribution in [1.82, 2.24) is 4.72 Å². The van der Waals surface area contributed by atoms with E-state index in [-0.39, 0.29) is 11.4 Å². The average molecular weight is 313 g/mol. The molecular weight excluding hydrogens is 298 g/mol. The third-order valence-electron chi connectivity index (χ3n) is 3.10. The van der Waals surface area contributed by atoms with Crippen LogP contribution in [0.25, 0.3) is 0 Å². The van der Waals surface area contributed by atoms with Crippen LogP contribution in [-0.4, -0.2) is 32.1 Å². The van der Waals surface area contributed by atoms with Gasteiger partial charge in [-0.05, 0) is 12.6 Å². The lowest BCUT2D eigenvalue weighted by Crippen LogP contribution is -2.29. The molecule has 10 heteroatoms. The number of benzene rings is 1. The summed E-state index contributed by atoms with van der Waals surface area (Å²) >= 11 is 0. The Kier molecular flexibility index (Phi) is 4.30. The highest BCUT2D eigenvalue weighted by atomic mass is 32.2. The summed E-state index contributed by atoms with van der Waals surface area (Å²) in [7, 11) is -3.95. The first-order valence-electron chi connectivity index (χ1n) is 6.27. The number of para-hydroxylation sites is 1. The molecule has 0 unspecified atom stereocenters. The first-order valence-corrected chi connectivity index (χ1v) is 7.76. The molecule has 0 amide bonds. The van der Waals surface area contributed by atoms with Gasteiger partial charge in [0.25, 0.3) is 5.69 Å². The molecule has 0 aliphatic carbocycles. The summed E-state index contributed by atoms with van der Waals surface area (Å²) in [6, 6.07) is 5.19. The van der Waals surface area contributed by atoms with E-state index in [1.807, 2.05) is 0 Å². The van der Waals surface area contributed by atoms with Gasteiger partial charge in [0.1, 0.15) is 0 Å². The van der Waals surface area contributed by atoms with E-state index in [2.05, 4.69) is 15.0 Å². The minimum Gasteiger partial charge on any atom is -0.330 e. The normalized spacial score (nSPS) is 15.9. The first kappa shape index (κ1) is 15.5. The van der Waals surface area contributed by atoms with Gasteiger partial charge in [-0.25, -0.2) is 13.1 Å². The minimum absolute atomic E-state index is 0.0847. The number of rotatable bonds is 8. The maximum atomic E-state index is 12.1. The van der Waals surface area contributed by atoms with E-state index in [0.717, 1.165) is 6.07 Å². The maximum absolute atomic E-state index is 12.1. The lowest BCUT2D eigenvalue weighted by Gasteiger charge is -2.10. The average Bonchev–Trinajstić information content (AvgIpc) is 3.19. The number of hydrogen-bond acceptors (Lipinski definition) is 7. The van der Waals surface area contributed by atoms with E-state index < -0.39 is 26.3 Å². The van der Waals surface area contributed by atoms with Gasteiger partial charge >= 0.3 is 0 Å². The molecule has 0 fully saturated rings. The van der Waals surface area contributed by atoms with Crippen molar-refractivity contribution in [3.05, 3.63) is 34.4 Å². The highest BCUT2D eigenvalue weighted by Gasteiger charge is 2.39. The van der Waals surface area contributed by atoms with E-state index in [1.165, 1.54) is 18.2 Å². The highest BCUT2D eigenvalue weighted by Crippen LogP contribution is 2.34. The molecule has 2 rings (SSSR count). The summed E-state index contributed by atoms with van der Waals surface area (Å²) < 4.78 is 26.6. The Morgan fingerprint density at radius 3 is 2.52 bits per heavy atom. The van der Waals surface area contributed by atoms with Crippen molar-refractivity contribution in [1.29, 1.82) is 0 Å². The smallest absolute Gasteiger partial charge is 0.289 e. The third-order valence-corrected chi connectivity index (χ3v) is 4.60. The predicted molar refractivity (Wildman–Crippen MR) is 74.2 cm³/mol. The molecule has 1 aromatic carbocycles. The largest absolute Gasteiger partial charge is 0.330 e. The molecule has 3 N–H and O–H groups in total. The molecule has 1 aliphatic rings. The van der Waals surface area contributed by atoms with E-state index in [9.17, 15) is 18.5 Å². The van der Waals surface area contributed by atoms with E-state index in [1.54, 1.807) is 0 Å². The Balaban J connectivity index is 2.04. The van der Waals surface area contributed by atoms with Gasteiger partial charge in [0.05, 0.1) is 4.92 Å². The number of nitrogens with one attached hydrogen (secondary N) is 1. The summed E-state index contributed by atoms with van der Waals surface area (Å²) in [4.78, 5) is 9.79. The van der Waals surface area contributed by atoms with Gasteiger partial charge in [0, 0.05) is 25.5 Å². The van der Waals surface area contributed by atoms with Crippen LogP contribution in [0, 0.1) is 10.1 Å². The molecule has 9 nitrogen and oxygen atoms in total. The summed E-state index contributed by atoms with van der Waals surface area (Å²) in [5, 5.41) is 18.6. The van der Waals surface area contributed by atoms with Crippen LogP contribution in [0.1, 0.15) is 12.8 Å². The molecule has 0 bridgehead atoms. The van der Waals surface area contributed by atoms with Gasteiger partial charge in [-0.1, -0.05) is 12.1 Å². The van der Waals surface area contributed by atoms with Crippen molar-refractivity contribution in [2.75, 3.05) is 13.1 Å². The number of hydrogen-bond donors (Lipinski definition) is 2. The quantitative estimate of drug-likeness (QED) is 0.539. The molecule has 0 spiro atoms. The molecular formula is C11H15N5O4S. The van der Waals surface area contributed by atoms with Gasteiger partial charge < -0.3 is 5.73 Å². The summed E-state index contributed by atoms with van der Waals surface area (Å²) in [5.41, 5.74) is 4.38. The van der Waals surface area contributed by atoms with Crippen LogP contribution in [0.4, 0.5) is 5.69 Å². The molecule has 0 aromatic heterocycles. The number of nitrogens with two attached hydrogens (primary N) is 1. The second-order valence-corrected chi connectivity index (χ2v) is 6.33. The van der Waals surface area contributed by atoms with Crippen molar-refractivity contribution in [3.8, 4) is 0 Å². The number of nitrogens with zero attached hydrogens (tertiary/aromatic N) is 3. The fourth-order valence-corrected chi connectivity index (χ4v) is 3.13. The van der Waals surface area contributed by atoms with Crippen molar-refractivity contribution < 1.29 is 13.3 Å². The van der Waals surface area contributed by atoms with Crippen molar-refractivity contribution in [2.24, 2.45) is 16.0 Å². The van der Waals surface area contributed by atoms with Crippen LogP contribution in [0.3, 0.4) is 0 Å². The Morgan fingerprint density at radius 2 is 1.95 bits per heavy atom. The van der Waals surface area contributed by atoms with Gasteiger partial charge in [0.2, 0.25) is 10.0 Å². The van der Waals surface area contributed by atoms with Crippen molar-refractivity contribution in [2.45, 2.75) is 23.4 Å². The van der Waals surface area contributed by atoms with Gasteiger partial charge in [0.15, 0.2) is 10.6 Å². The molecule has 21 heavy (non-hydrogen) atoms. The van der Waals surface area contributed by atoms with E-state index in [0.29, 0.717) is 19.4 Å². The predicted octanol–water partition coefficient (Wildman–Crippen LogP) is 0.774. The molecule has 0 saturated carbocycles. The molecule has 0 radical (unpaired) electrons. The Morgan fingerprint density at radius 1 is 1.29 bits per heavy atom. The van der Waals surface area contributed by atoms with Crippen LogP contribution in [0.2, 0.25) is 0 Å². The second-order valence-electron chi connectivity index (χ2n) is 4.59. The zero-order valence-electron chi connectivity index (χ0n) is 11.1. The van der Waals surface area contributed by atoms with Gasteiger partial charge in [-0.3, -0.25) is 10.1 Å². The van der Waals surface area contributed by atoms with Crippen LogP contribution in [0.5, 0.6) is 0 Å². The Hall–Kier alpha value is -1.91. The van der Waals surface area contributed by atoms with E-state index in [4.69, 9.17) is 5.73 Å². The van der Waals surface area contributed by atoms with Crippen molar-refractivity contribution >= 4 is 15.7 Å². The number of nitro groups is 1. The van der Waals surface area contributed by atoms with Crippen LogP contribution >= 0.6 is 0 Å². The number of nitro benzene ring substituents is 1. The lowest BCUT2D eigenvalue weighted by atomic mass is 10.1. The fourth-order valence-electron chi connectivity index (χ4n) is 1.93. The third kappa shape index (κ3) is 3.60. The van der Waals surface area contributed by atoms with Gasteiger partial charge in [-0.15, -0.1) is 0 Å². The first-order chi connectivity index (χ1) is 9.90. The van der Waals surface area contributed by atoms with Crippen LogP contribution < -0.4 is 10.5 Å². The van der Waals surface area contributed by atoms with Crippen molar-refractivity contribution in [3.63, 3.8) is 0 Å². The topological polar surface area (TPSA) is 140 Å². The molecule has 1 aromatic rings. The standard InChI is InChI=1S/C11H15N5O4S/c12-7-5-11(14-15-11)6-8-13-21(19,20)10-4-2-1-3-9(10)16(17)18/h1-4,13H,5-8,12H2. The summed E-state index contributed by atoms with van der Waals surface area (Å²) in [6.07, 6.45) is 0.935. The number of sulfonamides is 1. The molecule has 0 atom stereocenters. The minimum atomic E-state index is -3.95. The van der Waals surface area contributed by atoms with E-state index >= 15 is 0 Å². The van der Waals surface area contributed by atoms with Crippen LogP contribution in [0.15, 0.2) is 39.4 Å². The molecule has 0 saturated heterocycles. The summed E-state index contributed by atoms with van der Waals surface area (Å²) in [6.45, 7) is 0.491. The lowest BCUT2D eigenvalue weighted by molar-refractivity contribution is -0.387. The summed E-state index contributed by atoms with van der Waals surface area (Å²) in [5.74, 6) is 0. The second kappa shape index (κ2) is 5.84. The zero-order valence-corrected chi connectivity index (χ0v) is 11.9. The fraction of sp³-hybridized carbons (Fsp3) is 0.455. The molecule has 114 valence electrons. The van der Waals surface area contributed by atoms with Gasteiger partial charge in [-0.2, -0.15) is 10.2 Å². The highest BCUT2D eigenvalue weighted by molar-refractivity contribution is 7.89. The Bertz CT molecular complexity index is 667. The monoisotopic (exact) mass is 313 g/mol. The SMILES string of the molecule is NCCC1(CCNS(=O)(=O)c2ccccc2[N+](=O)[O-])N=N1. The molecule has 1 aliphatic heterocycles. The van der Waals surface area contributed by atoms with Crippen LogP contribution in [-0.2, 0) is 10.0 Å².